The fraction of sp³-hybridized carbons (Fsp3) is 0.429. The van der Waals surface area contributed by atoms with Crippen LogP contribution in [-0.4, -0.2) is 14.8 Å². The lowest BCUT2D eigenvalue weighted by molar-refractivity contribution is 0.559. The lowest BCUT2D eigenvalue weighted by Crippen LogP contribution is -2.08. The van der Waals surface area contributed by atoms with Crippen LogP contribution < -0.4 is 0 Å². The zero-order valence-electron chi connectivity index (χ0n) is 11.1. The molecule has 0 aliphatic rings. The van der Waals surface area contributed by atoms with Crippen LogP contribution in [0.25, 0.3) is 0 Å². The highest BCUT2D eigenvalue weighted by molar-refractivity contribution is 7.71. The van der Waals surface area contributed by atoms with Crippen molar-refractivity contribution >= 4 is 12.2 Å². The Bertz CT molecular complexity index is 581. The zero-order chi connectivity index (χ0) is 13.1. The van der Waals surface area contributed by atoms with Crippen LogP contribution in [0.15, 0.2) is 24.3 Å². The van der Waals surface area contributed by atoms with E-state index in [-0.39, 0.29) is 0 Å². The molecule has 96 valence electrons. The molecule has 2 rings (SSSR count). The predicted octanol–water partition coefficient (Wildman–Crippen LogP) is 3.62. The van der Waals surface area contributed by atoms with Gasteiger partial charge >= 0.3 is 0 Å². The van der Waals surface area contributed by atoms with E-state index in [1.165, 1.54) is 11.1 Å². The Morgan fingerprint density at radius 2 is 2.00 bits per heavy atom. The third-order valence-corrected chi connectivity index (χ3v) is 3.46. The normalized spacial score (nSPS) is 11.1. The van der Waals surface area contributed by atoms with Gasteiger partial charge in [0.25, 0.3) is 0 Å². The highest BCUT2D eigenvalue weighted by Crippen LogP contribution is 2.13. The van der Waals surface area contributed by atoms with Gasteiger partial charge in [-0.3, -0.25) is 5.10 Å². The van der Waals surface area contributed by atoms with Crippen LogP contribution in [-0.2, 0) is 12.8 Å². The molecule has 0 saturated carbocycles. The smallest absolute Gasteiger partial charge is 0.195 e. The van der Waals surface area contributed by atoms with Crippen molar-refractivity contribution in [3.63, 3.8) is 0 Å². The van der Waals surface area contributed by atoms with Crippen molar-refractivity contribution in [3.8, 4) is 0 Å². The second kappa shape index (κ2) is 5.48. The Kier molecular flexibility index (Phi) is 3.97. The number of aromatic amines is 1. The van der Waals surface area contributed by atoms with Gasteiger partial charge in [-0.05, 0) is 50.5 Å². The van der Waals surface area contributed by atoms with Crippen LogP contribution in [0.5, 0.6) is 0 Å². The average molecular weight is 261 g/mol. The van der Waals surface area contributed by atoms with E-state index in [4.69, 9.17) is 12.2 Å². The number of rotatable bonds is 4. The van der Waals surface area contributed by atoms with Crippen molar-refractivity contribution in [2.45, 2.75) is 39.7 Å². The molecule has 1 aromatic heterocycles. The number of benzene rings is 1. The van der Waals surface area contributed by atoms with Crippen LogP contribution in [0, 0.1) is 11.7 Å². The summed E-state index contributed by atoms with van der Waals surface area (Å²) in [5, 5.41) is 7.21. The minimum atomic E-state index is 0.350. The zero-order valence-corrected chi connectivity index (χ0v) is 11.9. The Morgan fingerprint density at radius 3 is 2.67 bits per heavy atom. The minimum Gasteiger partial charge on any atom is -0.302 e. The molecule has 0 spiro atoms. The molecule has 0 aliphatic carbocycles. The summed E-state index contributed by atoms with van der Waals surface area (Å²) >= 11 is 5.25. The number of hydrogen-bond acceptors (Lipinski definition) is 2. The van der Waals surface area contributed by atoms with E-state index in [0.29, 0.717) is 10.8 Å². The summed E-state index contributed by atoms with van der Waals surface area (Å²) in [5.41, 5.74) is 2.71. The van der Waals surface area contributed by atoms with Crippen molar-refractivity contribution in [2.24, 2.45) is 0 Å². The molecule has 1 N–H and O–H groups in total. The van der Waals surface area contributed by atoms with Crippen molar-refractivity contribution in [2.75, 3.05) is 0 Å². The Balaban J connectivity index is 2.16. The molecule has 1 aromatic carbocycles. The maximum Gasteiger partial charge on any atom is 0.195 e. The molecule has 2 aromatic rings. The monoisotopic (exact) mass is 261 g/mol. The lowest BCUT2D eigenvalue weighted by Gasteiger charge is -2.10. The number of nitrogens with one attached hydrogen (secondary N) is 1. The highest BCUT2D eigenvalue weighted by Gasteiger charge is 2.09. The van der Waals surface area contributed by atoms with E-state index in [1.54, 1.807) is 0 Å². The number of aryl methyl sites for hydroxylation is 3. The maximum absolute atomic E-state index is 5.25. The summed E-state index contributed by atoms with van der Waals surface area (Å²) < 4.78 is 2.80. The second-order valence-electron chi connectivity index (χ2n) is 4.84. The highest BCUT2D eigenvalue weighted by atomic mass is 32.1. The van der Waals surface area contributed by atoms with Gasteiger partial charge in [0.05, 0.1) is 0 Å². The quantitative estimate of drug-likeness (QED) is 0.853. The van der Waals surface area contributed by atoms with E-state index in [0.717, 1.165) is 18.7 Å². The topological polar surface area (TPSA) is 33.6 Å². The summed E-state index contributed by atoms with van der Waals surface area (Å²) in [6.45, 7) is 6.40. The fourth-order valence-corrected chi connectivity index (χ4v) is 2.55. The van der Waals surface area contributed by atoms with Gasteiger partial charge in [-0.1, -0.05) is 24.3 Å². The SMILES string of the molecule is Cc1ccccc1CCc1n[nH]c(=S)n1C(C)C. The summed E-state index contributed by atoms with van der Waals surface area (Å²) in [5.74, 6) is 1.04. The largest absolute Gasteiger partial charge is 0.302 e. The first-order valence-corrected chi connectivity index (χ1v) is 6.70. The van der Waals surface area contributed by atoms with Gasteiger partial charge in [0.15, 0.2) is 4.77 Å². The minimum absolute atomic E-state index is 0.350. The predicted molar refractivity (Wildman–Crippen MR) is 76.4 cm³/mol. The van der Waals surface area contributed by atoms with Crippen molar-refractivity contribution in [1.82, 2.24) is 14.8 Å². The lowest BCUT2D eigenvalue weighted by atomic mass is 10.0. The van der Waals surface area contributed by atoms with Crippen LogP contribution in [0.2, 0.25) is 0 Å². The Hall–Kier alpha value is -1.42. The van der Waals surface area contributed by atoms with Crippen molar-refractivity contribution in [3.05, 3.63) is 46.0 Å². The van der Waals surface area contributed by atoms with E-state index < -0.39 is 0 Å². The van der Waals surface area contributed by atoms with Crippen LogP contribution in [0.1, 0.15) is 36.8 Å². The number of H-pyrrole nitrogens is 1. The van der Waals surface area contributed by atoms with Gasteiger partial charge in [0.2, 0.25) is 0 Å². The average Bonchev–Trinajstić information content (AvgIpc) is 2.69. The molecule has 0 aliphatic heterocycles. The third kappa shape index (κ3) is 2.70. The standard InChI is InChI=1S/C14H19N3S/c1-10(2)17-13(15-16-14(17)18)9-8-12-7-5-4-6-11(12)3/h4-7,10H,8-9H2,1-3H3,(H,16,18). The fourth-order valence-electron chi connectivity index (χ4n) is 2.18. The molecule has 0 unspecified atom stereocenters. The van der Waals surface area contributed by atoms with Crippen molar-refractivity contribution < 1.29 is 0 Å². The number of aromatic nitrogens is 3. The molecule has 0 bridgehead atoms. The van der Waals surface area contributed by atoms with E-state index in [9.17, 15) is 0 Å². The molecule has 4 heteroatoms. The first-order chi connectivity index (χ1) is 8.59. The number of hydrogen-bond donors (Lipinski definition) is 1. The first-order valence-electron chi connectivity index (χ1n) is 6.30. The van der Waals surface area contributed by atoms with Gasteiger partial charge in [-0.25, -0.2) is 0 Å². The van der Waals surface area contributed by atoms with Gasteiger partial charge in [0, 0.05) is 12.5 Å². The molecule has 0 atom stereocenters. The van der Waals surface area contributed by atoms with E-state index >= 15 is 0 Å². The Morgan fingerprint density at radius 1 is 1.28 bits per heavy atom. The third-order valence-electron chi connectivity index (χ3n) is 3.17. The molecule has 0 radical (unpaired) electrons. The molecule has 1 heterocycles. The molecule has 3 nitrogen and oxygen atoms in total. The summed E-state index contributed by atoms with van der Waals surface area (Å²) in [6.07, 6.45) is 1.91. The molecular weight excluding hydrogens is 242 g/mol. The molecule has 0 fully saturated rings. The molecular formula is C14H19N3S. The summed E-state index contributed by atoms with van der Waals surface area (Å²) in [7, 11) is 0. The van der Waals surface area contributed by atoms with Crippen molar-refractivity contribution in [1.29, 1.82) is 0 Å². The molecule has 0 saturated heterocycles. The Labute approximate surface area is 113 Å². The molecule has 0 amide bonds. The first kappa shape index (κ1) is 13.0. The van der Waals surface area contributed by atoms with Crippen LogP contribution in [0.3, 0.4) is 0 Å². The second-order valence-corrected chi connectivity index (χ2v) is 5.22. The van der Waals surface area contributed by atoms with Crippen LogP contribution in [0.4, 0.5) is 0 Å². The van der Waals surface area contributed by atoms with Crippen LogP contribution >= 0.6 is 12.2 Å². The van der Waals surface area contributed by atoms with E-state index in [2.05, 4.69) is 59.8 Å². The summed E-state index contributed by atoms with van der Waals surface area (Å²) in [6, 6.07) is 8.83. The molecule has 18 heavy (non-hydrogen) atoms. The number of nitrogens with zero attached hydrogens (tertiary/aromatic N) is 2. The van der Waals surface area contributed by atoms with Gasteiger partial charge in [-0.2, -0.15) is 5.10 Å². The van der Waals surface area contributed by atoms with E-state index in [1.807, 2.05) is 0 Å². The van der Waals surface area contributed by atoms with Gasteiger partial charge < -0.3 is 4.57 Å². The van der Waals surface area contributed by atoms with Gasteiger partial charge in [-0.15, -0.1) is 0 Å². The summed E-state index contributed by atoms with van der Waals surface area (Å²) in [4.78, 5) is 0. The maximum atomic E-state index is 5.25. The van der Waals surface area contributed by atoms with Gasteiger partial charge in [0.1, 0.15) is 5.82 Å².